The van der Waals surface area contributed by atoms with Gasteiger partial charge in [0.05, 0.1) is 11.0 Å². The van der Waals surface area contributed by atoms with Crippen molar-refractivity contribution in [1.29, 1.82) is 0 Å². The molecule has 51 heavy (non-hydrogen) atoms. The molecule has 7 aromatic carbocycles. The second-order valence-electron chi connectivity index (χ2n) is 14.9. The maximum absolute atomic E-state index is 2.73. The fraction of sp³-hybridized carbons (Fsp3) is 0.0638. The van der Waals surface area contributed by atoms with Crippen LogP contribution in [0, 0.1) is 0 Å². The lowest BCUT2D eigenvalue weighted by atomic mass is 9.40. The number of allylic oxidation sites excluding steroid dienone is 1. The van der Waals surface area contributed by atoms with Crippen molar-refractivity contribution in [2.24, 2.45) is 0 Å². The summed E-state index contributed by atoms with van der Waals surface area (Å²) in [5, 5.41) is 5.20. The predicted molar refractivity (Wildman–Crippen MR) is 215 cm³/mol. The zero-order valence-corrected chi connectivity index (χ0v) is 28.4. The highest BCUT2D eigenvalue weighted by Gasteiger charge is 2.53. The summed E-state index contributed by atoms with van der Waals surface area (Å²) in [7, 11) is 0. The van der Waals surface area contributed by atoms with Crippen molar-refractivity contribution in [2.45, 2.75) is 19.3 Å². The summed E-state index contributed by atoms with van der Waals surface area (Å²) in [4.78, 5) is 2.56. The molecule has 2 aliphatic heterocycles. The maximum atomic E-state index is 2.73. The van der Waals surface area contributed by atoms with Gasteiger partial charge in [0.2, 0.25) is 0 Å². The summed E-state index contributed by atoms with van der Waals surface area (Å²) in [5.41, 5.74) is 18.1. The number of hydrogen-bond donors (Lipinski definition) is 0. The molecule has 0 N–H and O–H groups in total. The van der Waals surface area contributed by atoms with E-state index in [1.165, 1.54) is 99.6 Å². The highest BCUT2D eigenvalue weighted by molar-refractivity contribution is 6.85. The molecule has 0 saturated heterocycles. The molecule has 0 bridgehead atoms. The van der Waals surface area contributed by atoms with Crippen molar-refractivity contribution < 1.29 is 0 Å². The van der Waals surface area contributed by atoms with E-state index >= 15 is 0 Å². The summed E-state index contributed by atoms with van der Waals surface area (Å²) in [6, 6.07) is 58.6. The minimum atomic E-state index is -0.202. The van der Waals surface area contributed by atoms with Gasteiger partial charge in [-0.05, 0) is 70.6 Å². The molecule has 0 saturated carbocycles. The number of aromatic nitrogens is 2. The van der Waals surface area contributed by atoms with Crippen molar-refractivity contribution in [3.05, 3.63) is 174 Å². The SMILES string of the molecule is CC1(C)C2=C(c3ccccc31)N(c1ccccc1)c1cccc3c1B2n1c2ccccc2c2c1c-3cc1c3ccccc3n(-c3ccccc3)c12. The standard InChI is InChI=1S/C47H32BN3/c1-47(2)37-24-12-9-21-33(37)45-46(47)48-42-32(23-15-27-40(42)50(45)30-18-7-4-8-19-30)36-28-35-31-20-10-13-25-38(31)49(29-16-5-3-6-17-29)43(35)41-34-22-11-14-26-39(34)51(48)44(36)41/h3-28H,1-2H3. The van der Waals surface area contributed by atoms with Gasteiger partial charge >= 0.3 is 6.85 Å². The van der Waals surface area contributed by atoms with Gasteiger partial charge in [-0.3, -0.25) is 0 Å². The minimum Gasteiger partial charge on any atom is -0.375 e. The lowest BCUT2D eigenvalue weighted by Gasteiger charge is -2.42. The first-order valence-corrected chi connectivity index (χ1v) is 18.0. The number of fused-ring (bicyclic) bond motifs is 12. The van der Waals surface area contributed by atoms with E-state index in [-0.39, 0.29) is 12.3 Å². The zero-order chi connectivity index (χ0) is 33.6. The van der Waals surface area contributed by atoms with Gasteiger partial charge in [0.1, 0.15) is 0 Å². The molecular weight excluding hydrogens is 617 g/mol. The summed E-state index contributed by atoms with van der Waals surface area (Å²) in [5.74, 6) is 0. The average Bonchev–Trinajstić information content (AvgIpc) is 3.78. The van der Waals surface area contributed by atoms with Crippen LogP contribution in [0.5, 0.6) is 0 Å². The van der Waals surface area contributed by atoms with E-state index in [4.69, 9.17) is 0 Å². The first kappa shape index (κ1) is 27.6. The number of nitrogens with zero attached hydrogens (tertiary/aromatic N) is 3. The van der Waals surface area contributed by atoms with Gasteiger partial charge in [-0.25, -0.2) is 0 Å². The second kappa shape index (κ2) is 9.50. The molecule has 12 rings (SSSR count). The van der Waals surface area contributed by atoms with Crippen LogP contribution in [-0.4, -0.2) is 15.9 Å². The number of anilines is 2. The monoisotopic (exact) mass is 649 g/mol. The normalized spacial score (nSPS) is 15.3. The zero-order valence-electron chi connectivity index (χ0n) is 28.4. The Morgan fingerprint density at radius 1 is 0.510 bits per heavy atom. The van der Waals surface area contributed by atoms with E-state index in [1.54, 1.807) is 0 Å². The average molecular weight is 650 g/mol. The lowest BCUT2D eigenvalue weighted by Crippen LogP contribution is -2.52. The molecule has 0 fully saturated rings. The van der Waals surface area contributed by atoms with Crippen LogP contribution in [0.1, 0.15) is 25.0 Å². The summed E-state index contributed by atoms with van der Waals surface area (Å²) >= 11 is 0. The van der Waals surface area contributed by atoms with Gasteiger partial charge in [0, 0.05) is 71.9 Å². The predicted octanol–water partition coefficient (Wildman–Crippen LogP) is 11.0. The third kappa shape index (κ3) is 3.27. The van der Waals surface area contributed by atoms with Crippen LogP contribution >= 0.6 is 0 Å². The van der Waals surface area contributed by atoms with E-state index in [1.807, 2.05) is 0 Å². The lowest BCUT2D eigenvalue weighted by molar-refractivity contribution is 0.663. The first-order valence-electron chi connectivity index (χ1n) is 18.0. The molecule has 3 aliphatic rings. The van der Waals surface area contributed by atoms with Crippen LogP contribution in [0.3, 0.4) is 0 Å². The Morgan fingerprint density at radius 2 is 1.16 bits per heavy atom. The molecule has 1 aliphatic carbocycles. The topological polar surface area (TPSA) is 13.1 Å². The molecule has 238 valence electrons. The molecule has 0 atom stereocenters. The van der Waals surface area contributed by atoms with Crippen LogP contribution in [0.15, 0.2) is 163 Å². The highest BCUT2D eigenvalue weighted by Crippen LogP contribution is 2.57. The molecule has 4 heteroatoms. The quantitative estimate of drug-likeness (QED) is 0.170. The number of para-hydroxylation sites is 4. The number of rotatable bonds is 2. The van der Waals surface area contributed by atoms with Crippen molar-refractivity contribution in [3.8, 4) is 16.8 Å². The third-order valence-electron chi connectivity index (χ3n) is 12.1. The minimum absolute atomic E-state index is 0.0236. The molecule has 3 nitrogen and oxygen atoms in total. The fourth-order valence-corrected chi connectivity index (χ4v) is 10.1. The van der Waals surface area contributed by atoms with E-state index < -0.39 is 0 Å². The highest BCUT2D eigenvalue weighted by atomic mass is 15.2. The number of hydrogen-bond acceptors (Lipinski definition) is 1. The van der Waals surface area contributed by atoms with Crippen LogP contribution in [0.2, 0.25) is 0 Å². The van der Waals surface area contributed by atoms with Gasteiger partial charge in [0.25, 0.3) is 0 Å². The second-order valence-corrected chi connectivity index (χ2v) is 14.9. The van der Waals surface area contributed by atoms with Crippen molar-refractivity contribution in [3.63, 3.8) is 0 Å². The molecule has 0 unspecified atom stereocenters. The molecule has 9 aromatic rings. The largest absolute Gasteiger partial charge is 0.375 e. The molecule has 0 radical (unpaired) electrons. The van der Waals surface area contributed by atoms with Crippen LogP contribution in [0.4, 0.5) is 11.4 Å². The Kier molecular flexibility index (Phi) is 5.13. The van der Waals surface area contributed by atoms with Crippen LogP contribution in [-0.2, 0) is 5.41 Å². The Bertz CT molecular complexity index is 3000. The Morgan fingerprint density at radius 3 is 1.96 bits per heavy atom. The van der Waals surface area contributed by atoms with Crippen molar-refractivity contribution >= 4 is 73.0 Å². The van der Waals surface area contributed by atoms with E-state index in [0.717, 1.165) is 0 Å². The summed E-state index contributed by atoms with van der Waals surface area (Å²) in [6.07, 6.45) is 0. The number of benzene rings is 7. The first-order chi connectivity index (χ1) is 25.1. The molecule has 0 spiro atoms. The Hall–Kier alpha value is -6.26. The van der Waals surface area contributed by atoms with E-state index in [2.05, 4.69) is 186 Å². The van der Waals surface area contributed by atoms with Crippen molar-refractivity contribution in [1.82, 2.24) is 9.05 Å². The Balaban J connectivity index is 1.32. The summed E-state index contributed by atoms with van der Waals surface area (Å²) < 4.78 is 5.23. The van der Waals surface area contributed by atoms with Gasteiger partial charge < -0.3 is 13.9 Å². The van der Waals surface area contributed by atoms with Crippen molar-refractivity contribution in [2.75, 3.05) is 4.90 Å². The summed E-state index contributed by atoms with van der Waals surface area (Å²) in [6.45, 7) is 4.91. The van der Waals surface area contributed by atoms with Gasteiger partial charge in [-0.15, -0.1) is 0 Å². The van der Waals surface area contributed by atoms with Gasteiger partial charge in [0.15, 0.2) is 0 Å². The Labute approximate surface area is 296 Å². The van der Waals surface area contributed by atoms with E-state index in [0.29, 0.717) is 0 Å². The smallest absolute Gasteiger partial charge is 0.329 e. The van der Waals surface area contributed by atoms with E-state index in [9.17, 15) is 0 Å². The fourth-order valence-electron chi connectivity index (χ4n) is 10.1. The van der Waals surface area contributed by atoms with Crippen LogP contribution < -0.4 is 10.4 Å². The molecular formula is C47H32BN3. The molecule has 2 aromatic heterocycles. The van der Waals surface area contributed by atoms with Crippen LogP contribution in [0.25, 0.3) is 66.1 Å². The third-order valence-corrected chi connectivity index (χ3v) is 12.1. The maximum Gasteiger partial charge on any atom is 0.329 e. The molecule has 4 heterocycles. The van der Waals surface area contributed by atoms with Gasteiger partial charge in [-0.2, -0.15) is 0 Å². The molecule has 0 amide bonds. The van der Waals surface area contributed by atoms with Gasteiger partial charge in [-0.1, -0.05) is 123 Å².